The van der Waals surface area contributed by atoms with Gasteiger partial charge in [-0.15, -0.1) is 0 Å². The minimum Gasteiger partial charge on any atom is -0.456 e. The van der Waals surface area contributed by atoms with Crippen molar-refractivity contribution >= 4 is 40.6 Å². The maximum Gasteiger partial charge on any atom is 0.306 e. The van der Waals surface area contributed by atoms with Gasteiger partial charge in [-0.25, -0.2) is 0 Å². The molecule has 0 aliphatic rings. The Morgan fingerprint density at radius 1 is 1.07 bits per heavy atom. The van der Waals surface area contributed by atoms with Crippen LogP contribution < -0.4 is 5.32 Å². The van der Waals surface area contributed by atoms with Crippen molar-refractivity contribution in [2.24, 2.45) is 0 Å². The summed E-state index contributed by atoms with van der Waals surface area (Å²) in [6, 6.07) is 11.6. The topological polar surface area (TPSA) is 116 Å². The van der Waals surface area contributed by atoms with Crippen molar-refractivity contribution in [2.75, 3.05) is 11.9 Å². The monoisotopic (exact) mass is 390 g/mol. The van der Waals surface area contributed by atoms with Gasteiger partial charge in [-0.1, -0.05) is 17.7 Å². The highest BCUT2D eigenvalue weighted by Gasteiger charge is 2.13. The van der Waals surface area contributed by atoms with E-state index in [0.717, 1.165) is 0 Å². The van der Waals surface area contributed by atoms with E-state index in [4.69, 9.17) is 16.3 Å². The largest absolute Gasteiger partial charge is 0.456 e. The second-order valence-electron chi connectivity index (χ2n) is 5.45. The minimum atomic E-state index is -0.702. The molecule has 0 heterocycles. The number of benzene rings is 2. The Hall–Kier alpha value is -3.26. The molecule has 0 aromatic heterocycles. The molecule has 0 spiro atoms. The number of nitrogens with zero attached hydrogens (tertiary/aromatic N) is 1. The van der Waals surface area contributed by atoms with Crippen LogP contribution in [0.3, 0.4) is 0 Å². The summed E-state index contributed by atoms with van der Waals surface area (Å²) in [5.41, 5.74) is 0.462. The number of non-ortho nitro benzene ring substituents is 1. The molecule has 8 nitrogen and oxygen atoms in total. The molecule has 0 unspecified atom stereocenters. The van der Waals surface area contributed by atoms with E-state index in [2.05, 4.69) is 5.32 Å². The van der Waals surface area contributed by atoms with E-state index in [1.165, 1.54) is 24.3 Å². The molecule has 0 atom stereocenters. The summed E-state index contributed by atoms with van der Waals surface area (Å²) in [5, 5.41) is 13.6. The fourth-order valence-electron chi connectivity index (χ4n) is 2.11. The van der Waals surface area contributed by atoms with Crippen LogP contribution in [0.25, 0.3) is 0 Å². The number of amides is 1. The van der Waals surface area contributed by atoms with E-state index < -0.39 is 23.4 Å². The van der Waals surface area contributed by atoms with Crippen LogP contribution in [-0.2, 0) is 14.3 Å². The van der Waals surface area contributed by atoms with Gasteiger partial charge in [-0.3, -0.25) is 24.5 Å². The maximum atomic E-state index is 11.9. The molecule has 0 saturated heterocycles. The number of carbonyl (C=O) groups is 3. The number of hydrogen-bond donors (Lipinski definition) is 1. The summed E-state index contributed by atoms with van der Waals surface area (Å²) in [6.07, 6.45) is -0.238. The summed E-state index contributed by atoms with van der Waals surface area (Å²) in [5.74, 6) is -1.59. The van der Waals surface area contributed by atoms with Gasteiger partial charge in [0.05, 0.1) is 11.3 Å². The van der Waals surface area contributed by atoms with Crippen LogP contribution in [0, 0.1) is 10.1 Å². The molecule has 27 heavy (non-hydrogen) atoms. The number of anilines is 1. The fraction of sp³-hybridized carbons (Fsp3) is 0.167. The van der Waals surface area contributed by atoms with Crippen LogP contribution in [0.5, 0.6) is 0 Å². The quantitative estimate of drug-likeness (QED) is 0.319. The molecule has 9 heteroatoms. The third kappa shape index (κ3) is 6.52. The first kappa shape index (κ1) is 20.1. The molecule has 1 amide bonds. The third-order valence-electron chi connectivity index (χ3n) is 3.43. The molecule has 140 valence electrons. The Morgan fingerprint density at radius 3 is 2.44 bits per heavy atom. The fourth-order valence-corrected chi connectivity index (χ4v) is 2.23. The molecule has 0 aliphatic heterocycles. The summed E-state index contributed by atoms with van der Waals surface area (Å²) in [4.78, 5) is 45.5. The number of ketones is 1. The molecule has 0 saturated carbocycles. The van der Waals surface area contributed by atoms with Crippen LogP contribution in [0.4, 0.5) is 11.4 Å². The average molecular weight is 391 g/mol. The van der Waals surface area contributed by atoms with Gasteiger partial charge in [0, 0.05) is 34.8 Å². The number of carbonyl (C=O) groups excluding carboxylic acids is 3. The van der Waals surface area contributed by atoms with E-state index >= 15 is 0 Å². The van der Waals surface area contributed by atoms with Gasteiger partial charge in [0.2, 0.25) is 0 Å². The van der Waals surface area contributed by atoms with Gasteiger partial charge < -0.3 is 10.1 Å². The van der Waals surface area contributed by atoms with E-state index in [1.807, 2.05) is 0 Å². The minimum absolute atomic E-state index is 0.0625. The lowest BCUT2D eigenvalue weighted by molar-refractivity contribution is -0.384. The van der Waals surface area contributed by atoms with Gasteiger partial charge in [0.25, 0.3) is 11.6 Å². The summed E-state index contributed by atoms with van der Waals surface area (Å²) >= 11 is 5.74. The van der Waals surface area contributed by atoms with Gasteiger partial charge in [0.1, 0.15) is 0 Å². The van der Waals surface area contributed by atoms with E-state index in [-0.39, 0.29) is 30.0 Å². The highest BCUT2D eigenvalue weighted by molar-refractivity contribution is 6.30. The molecular formula is C18H15ClN2O6. The number of nitro groups is 1. The highest BCUT2D eigenvalue weighted by atomic mass is 35.5. The molecule has 0 bridgehead atoms. The first-order valence-corrected chi connectivity index (χ1v) is 8.21. The van der Waals surface area contributed by atoms with Crippen molar-refractivity contribution in [3.63, 3.8) is 0 Å². The third-order valence-corrected chi connectivity index (χ3v) is 3.68. The molecule has 2 aromatic carbocycles. The lowest BCUT2D eigenvalue weighted by atomic mass is 10.1. The second-order valence-corrected chi connectivity index (χ2v) is 5.88. The summed E-state index contributed by atoms with van der Waals surface area (Å²) in [7, 11) is 0. The summed E-state index contributed by atoms with van der Waals surface area (Å²) in [6.45, 7) is -0.559. The standard InChI is InChI=1S/C18H15ClN2O6/c19-13-6-4-12(5-7-13)16(22)8-9-18(24)27-11-17(23)20-14-2-1-3-15(10-14)21(25)26/h1-7,10H,8-9,11H2,(H,20,23). The Balaban J connectivity index is 1.75. The second kappa shape index (κ2) is 9.44. The normalized spacial score (nSPS) is 10.1. The van der Waals surface area contributed by atoms with Crippen LogP contribution in [-0.4, -0.2) is 29.2 Å². The molecular weight excluding hydrogens is 376 g/mol. The van der Waals surface area contributed by atoms with E-state index in [0.29, 0.717) is 10.6 Å². The zero-order chi connectivity index (χ0) is 19.8. The molecule has 1 N–H and O–H groups in total. The predicted octanol–water partition coefficient (Wildman–Crippen LogP) is 3.39. The first-order valence-electron chi connectivity index (χ1n) is 7.84. The Kier molecular flexibility index (Phi) is 7.01. The molecule has 2 aromatic rings. The number of hydrogen-bond acceptors (Lipinski definition) is 6. The van der Waals surface area contributed by atoms with Crippen LogP contribution >= 0.6 is 11.6 Å². The van der Waals surface area contributed by atoms with Crippen LogP contribution in [0.15, 0.2) is 48.5 Å². The Bertz CT molecular complexity index is 866. The van der Waals surface area contributed by atoms with Crippen molar-refractivity contribution < 1.29 is 24.0 Å². The van der Waals surface area contributed by atoms with Crippen molar-refractivity contribution in [1.29, 1.82) is 0 Å². The first-order chi connectivity index (χ1) is 12.8. The Labute approximate surface area is 159 Å². The van der Waals surface area contributed by atoms with Gasteiger partial charge in [0.15, 0.2) is 12.4 Å². The van der Waals surface area contributed by atoms with Gasteiger partial charge in [-0.2, -0.15) is 0 Å². The molecule has 0 radical (unpaired) electrons. The molecule has 0 fully saturated rings. The van der Waals surface area contributed by atoms with Crippen molar-refractivity contribution in [1.82, 2.24) is 0 Å². The number of nitrogens with one attached hydrogen (secondary N) is 1. The number of rotatable bonds is 8. The van der Waals surface area contributed by atoms with E-state index in [1.54, 1.807) is 24.3 Å². The number of Topliss-reactive ketones (excluding diaryl/α,β-unsaturated/α-hetero) is 1. The van der Waals surface area contributed by atoms with Crippen molar-refractivity contribution in [3.05, 3.63) is 69.2 Å². The predicted molar refractivity (Wildman–Crippen MR) is 97.7 cm³/mol. The van der Waals surface area contributed by atoms with E-state index in [9.17, 15) is 24.5 Å². The molecule has 0 aliphatic carbocycles. The Morgan fingerprint density at radius 2 is 1.78 bits per heavy atom. The number of ether oxygens (including phenoxy) is 1. The SMILES string of the molecule is O=C(COC(=O)CCC(=O)c1ccc(Cl)cc1)Nc1cccc([N+](=O)[O-])c1. The van der Waals surface area contributed by atoms with Crippen LogP contribution in [0.2, 0.25) is 5.02 Å². The maximum absolute atomic E-state index is 11.9. The van der Waals surface area contributed by atoms with Crippen molar-refractivity contribution in [2.45, 2.75) is 12.8 Å². The smallest absolute Gasteiger partial charge is 0.306 e. The number of nitro benzene ring substituents is 1. The van der Waals surface area contributed by atoms with Crippen molar-refractivity contribution in [3.8, 4) is 0 Å². The molecule has 2 rings (SSSR count). The lowest BCUT2D eigenvalue weighted by Gasteiger charge is -2.06. The van der Waals surface area contributed by atoms with Gasteiger partial charge >= 0.3 is 5.97 Å². The van der Waals surface area contributed by atoms with Gasteiger partial charge in [-0.05, 0) is 30.3 Å². The lowest BCUT2D eigenvalue weighted by Crippen LogP contribution is -2.21. The summed E-state index contributed by atoms with van der Waals surface area (Å²) < 4.78 is 4.80. The van der Waals surface area contributed by atoms with Crippen LogP contribution in [0.1, 0.15) is 23.2 Å². The number of esters is 1. The highest BCUT2D eigenvalue weighted by Crippen LogP contribution is 2.17. The number of halogens is 1. The average Bonchev–Trinajstić information content (AvgIpc) is 2.65. The zero-order valence-corrected chi connectivity index (χ0v) is 14.8. The zero-order valence-electron chi connectivity index (χ0n) is 14.0.